The van der Waals surface area contributed by atoms with Gasteiger partial charge in [0.2, 0.25) is 41.4 Å². The molecule has 0 fully saturated rings. The van der Waals surface area contributed by atoms with E-state index in [2.05, 4.69) is 41.1 Å². The molecule has 6 unspecified atom stereocenters. The predicted octanol–water partition coefficient (Wildman–Crippen LogP) is 2.84. The molecular weight excluding hydrogens is 1030 g/mol. The number of ether oxygens (including phenoxy) is 1. The maximum atomic E-state index is 14.5. The molecule has 0 radical (unpaired) electrons. The first kappa shape index (κ1) is 62.5. The normalized spacial score (nSPS) is 13.7. The molecule has 4 rings (SSSR count). The van der Waals surface area contributed by atoms with Crippen LogP contribution < -0.4 is 41.8 Å². The van der Waals surface area contributed by atoms with E-state index in [0.29, 0.717) is 42.4 Å². The lowest BCUT2D eigenvalue weighted by Crippen LogP contribution is -2.61. The van der Waals surface area contributed by atoms with Gasteiger partial charge in [0.05, 0.1) is 6.42 Å². The van der Waals surface area contributed by atoms with Crippen LogP contribution in [-0.4, -0.2) is 130 Å². The van der Waals surface area contributed by atoms with E-state index >= 15 is 0 Å². The molecule has 0 aliphatic heterocycles. The van der Waals surface area contributed by atoms with Crippen LogP contribution in [0.5, 0.6) is 5.75 Å². The van der Waals surface area contributed by atoms with Gasteiger partial charge in [-0.1, -0.05) is 93.8 Å². The van der Waals surface area contributed by atoms with E-state index in [1.54, 1.807) is 63.4 Å². The minimum absolute atomic E-state index is 0.0391. The van der Waals surface area contributed by atoms with Crippen LogP contribution in [0.4, 0.5) is 4.79 Å². The fourth-order valence-electron chi connectivity index (χ4n) is 8.24. The number of benzene rings is 3. The summed E-state index contributed by atoms with van der Waals surface area (Å²) in [7, 11) is -3.51. The van der Waals surface area contributed by atoms with Gasteiger partial charge in [-0.3, -0.25) is 42.9 Å². The molecule has 0 aliphatic rings. The topological polar surface area (TPSA) is 364 Å². The number of hydrogen-bond donors (Lipinski definition) is 10. The highest BCUT2D eigenvalue weighted by Crippen LogP contribution is 2.22. The average Bonchev–Trinajstić information content (AvgIpc) is 3.79. The average molecular weight is 1110 g/mol. The Bertz CT molecular complexity index is 2840. The third kappa shape index (κ3) is 21.2. The lowest BCUT2D eigenvalue weighted by Gasteiger charge is -2.32. The smallest absolute Gasteiger partial charge is 0.446 e. The maximum absolute atomic E-state index is 14.5. The first-order valence-electron chi connectivity index (χ1n) is 25.4. The zero-order chi connectivity index (χ0) is 57.7. The van der Waals surface area contributed by atoms with Gasteiger partial charge >= 0.3 is 22.5 Å². The van der Waals surface area contributed by atoms with Crippen molar-refractivity contribution >= 4 is 74.7 Å². The fourth-order valence-corrected chi connectivity index (χ4v) is 8.59. The van der Waals surface area contributed by atoms with Gasteiger partial charge in [0, 0.05) is 43.4 Å². The van der Waals surface area contributed by atoms with Gasteiger partial charge in [-0.05, 0) is 74.9 Å². The molecule has 0 bridgehead atoms. The largest absolute Gasteiger partial charge is 0.481 e. The number of nitrogens with zero attached hydrogens (tertiary/aromatic N) is 1. The second-order valence-electron chi connectivity index (χ2n) is 19.6. The Kier molecular flexibility index (Phi) is 23.6. The zero-order valence-electron chi connectivity index (χ0n) is 44.5. The van der Waals surface area contributed by atoms with Gasteiger partial charge in [-0.15, -0.1) is 0 Å². The number of unbranched alkanes of at least 4 members (excludes halogenated alkanes) is 2. The Hall–Kier alpha value is -8.06. The number of primary amides is 1. The van der Waals surface area contributed by atoms with Gasteiger partial charge in [0.1, 0.15) is 54.1 Å². The number of carboxylic acids is 1. The van der Waals surface area contributed by atoms with Crippen LogP contribution in [-0.2, 0) is 72.8 Å². The number of H-pyrrole nitrogens is 1. The second-order valence-corrected chi connectivity index (χ2v) is 20.6. The van der Waals surface area contributed by atoms with Crippen molar-refractivity contribution in [1.82, 2.24) is 41.8 Å². The number of aromatic nitrogens is 1. The highest BCUT2D eigenvalue weighted by molar-refractivity contribution is 7.81. The molecule has 6 atom stereocenters. The number of nitrogens with two attached hydrogens (primary N) is 1. The number of carbonyl (C=O) groups is 9. The summed E-state index contributed by atoms with van der Waals surface area (Å²) in [5, 5.41) is 26.5. The molecule has 8 amide bonds. The molecule has 0 saturated carbocycles. The van der Waals surface area contributed by atoms with Crippen molar-refractivity contribution in [2.24, 2.45) is 5.73 Å². The van der Waals surface area contributed by atoms with E-state index in [9.17, 15) is 56.7 Å². The van der Waals surface area contributed by atoms with Crippen LogP contribution >= 0.6 is 0 Å². The van der Waals surface area contributed by atoms with E-state index in [1.165, 1.54) is 31.3 Å². The summed E-state index contributed by atoms with van der Waals surface area (Å²) in [6.07, 6.45) is -0.304. The summed E-state index contributed by atoms with van der Waals surface area (Å²) in [4.78, 5) is 126. The third-order valence-corrected chi connectivity index (χ3v) is 12.4. The second kappa shape index (κ2) is 29.5. The van der Waals surface area contributed by atoms with Crippen LogP contribution in [0.1, 0.15) is 103 Å². The number of aliphatic carboxylic acids is 1. The SMILES string of the molecule is CCCCC(NC(=O)C(Cc1ccc(OS(=O)(=O)O)cc1)NC(=O)OC(C)(C)C)NC(=O)C(Cc1ccccc1)NC(=O)C(CC(=O)O)NC(=O)C(CCCC)N(C)C(=O)C(Cc1c[nH]c2ccccc12)NC(=O)CC(N)=O. The van der Waals surface area contributed by atoms with E-state index in [-0.39, 0.29) is 37.9 Å². The summed E-state index contributed by atoms with van der Waals surface area (Å²) in [5.41, 5.74) is 6.66. The van der Waals surface area contributed by atoms with Gasteiger partial charge in [0.25, 0.3) is 0 Å². The predicted molar refractivity (Wildman–Crippen MR) is 285 cm³/mol. The maximum Gasteiger partial charge on any atom is 0.446 e. The lowest BCUT2D eigenvalue weighted by molar-refractivity contribution is -0.144. The molecule has 0 spiro atoms. The molecule has 25 heteroatoms. The minimum atomic E-state index is -4.83. The first-order chi connectivity index (χ1) is 36.7. The zero-order valence-corrected chi connectivity index (χ0v) is 45.3. The standard InChI is InChI=1S/C53H71N9O15S/c1-7-9-20-42(62(6)51(71)41(56-45(64)30-43(54)63)28-34-31-55-37-19-15-14-18-36(34)37)50(70)58-40(29-46(65)66)47(67)57-38(26-32-16-12-11-13-17-32)48(68)60-44(21-10-8-2)61-49(69)39(59-52(72)76-53(3,4)5)27-33-22-24-35(25-23-33)77-78(73,74)75/h11-19,22-25,31,38-42,44,55H,7-10,20-21,26-30H2,1-6H3,(H2,54,63)(H,56,64)(H,57,67)(H,58,70)(H,59,72)(H,60,68)(H,61,69)(H,65,66)(H,73,74,75). The molecule has 1 aromatic heterocycles. The Morgan fingerprint density at radius 3 is 1.81 bits per heavy atom. The highest BCUT2D eigenvalue weighted by atomic mass is 32.3. The van der Waals surface area contributed by atoms with Crippen molar-refractivity contribution in [3.05, 3.63) is 102 Å². The number of fused-ring (bicyclic) bond motifs is 1. The summed E-state index contributed by atoms with van der Waals surface area (Å²) in [6, 6.07) is 13.7. The van der Waals surface area contributed by atoms with Crippen molar-refractivity contribution in [3.8, 4) is 5.75 Å². The van der Waals surface area contributed by atoms with Crippen LogP contribution in [0.2, 0.25) is 0 Å². The fraction of sp³-hybridized carbons (Fsp3) is 0.453. The summed E-state index contributed by atoms with van der Waals surface area (Å²) in [6.45, 7) is 8.56. The van der Waals surface area contributed by atoms with Crippen LogP contribution in [0, 0.1) is 0 Å². The Balaban J connectivity index is 1.62. The number of alkyl carbamates (subject to hydrolysis) is 1. The van der Waals surface area contributed by atoms with Crippen molar-refractivity contribution < 1.29 is 70.1 Å². The summed E-state index contributed by atoms with van der Waals surface area (Å²) in [5.74, 6) is -7.86. The van der Waals surface area contributed by atoms with E-state index in [0.717, 1.165) is 15.8 Å². The van der Waals surface area contributed by atoms with Crippen LogP contribution in [0.15, 0.2) is 85.1 Å². The molecular formula is C53H71N9O15S. The molecule has 11 N–H and O–H groups in total. The van der Waals surface area contributed by atoms with Crippen molar-refractivity contribution in [2.45, 2.75) is 147 Å². The van der Waals surface area contributed by atoms with E-state index < -0.39 is 119 Å². The number of hydrogen-bond acceptors (Lipinski definition) is 13. The number of carbonyl (C=O) groups excluding carboxylic acids is 8. The molecule has 1 heterocycles. The highest BCUT2D eigenvalue weighted by Gasteiger charge is 2.37. The third-order valence-electron chi connectivity index (χ3n) is 12.0. The van der Waals surface area contributed by atoms with Gasteiger partial charge < -0.3 is 61.5 Å². The molecule has 0 saturated heterocycles. The first-order valence-corrected chi connectivity index (χ1v) is 26.7. The van der Waals surface area contributed by atoms with Gasteiger partial charge in [-0.2, -0.15) is 8.42 Å². The molecule has 424 valence electrons. The van der Waals surface area contributed by atoms with E-state index in [1.807, 2.05) is 32.0 Å². The molecule has 78 heavy (non-hydrogen) atoms. The minimum Gasteiger partial charge on any atom is -0.481 e. The number of carboxylic acid groups (broad SMARTS) is 1. The summed E-state index contributed by atoms with van der Waals surface area (Å²) < 4.78 is 41.5. The van der Waals surface area contributed by atoms with Gasteiger partial charge in [-0.25, -0.2) is 4.79 Å². The van der Waals surface area contributed by atoms with Crippen molar-refractivity contribution in [2.75, 3.05) is 7.05 Å². The number of nitrogens with one attached hydrogen (secondary N) is 7. The molecule has 0 aliphatic carbocycles. The number of aromatic amines is 1. The quantitative estimate of drug-likeness (QED) is 0.0204. The van der Waals surface area contributed by atoms with Crippen molar-refractivity contribution in [3.63, 3.8) is 0 Å². The number of amides is 8. The number of rotatable bonds is 30. The number of likely N-dealkylation sites (N-methyl/N-ethyl adjacent to an activating group) is 1. The number of para-hydroxylation sites is 1. The monoisotopic (exact) mass is 1110 g/mol. The Morgan fingerprint density at radius 1 is 0.679 bits per heavy atom. The molecule has 24 nitrogen and oxygen atoms in total. The van der Waals surface area contributed by atoms with E-state index in [4.69, 9.17) is 15.0 Å². The Labute approximate surface area is 452 Å². The molecule has 4 aromatic rings. The van der Waals surface area contributed by atoms with Gasteiger partial charge in [0.15, 0.2) is 0 Å². The van der Waals surface area contributed by atoms with Crippen LogP contribution in [0.3, 0.4) is 0 Å². The lowest BCUT2D eigenvalue weighted by atomic mass is 10.0. The molecule has 3 aromatic carbocycles. The summed E-state index contributed by atoms with van der Waals surface area (Å²) >= 11 is 0. The van der Waals surface area contributed by atoms with Crippen molar-refractivity contribution in [1.29, 1.82) is 0 Å². The van der Waals surface area contributed by atoms with Crippen LogP contribution in [0.25, 0.3) is 10.9 Å². The Morgan fingerprint density at radius 2 is 1.23 bits per heavy atom.